The van der Waals surface area contributed by atoms with Crippen LogP contribution < -0.4 is 10.6 Å². The van der Waals surface area contributed by atoms with E-state index in [0.29, 0.717) is 6.04 Å². The van der Waals surface area contributed by atoms with Crippen LogP contribution in [0.4, 0.5) is 0 Å². The maximum atomic E-state index is 4.50. The van der Waals surface area contributed by atoms with Crippen LogP contribution in [0.3, 0.4) is 0 Å². The van der Waals surface area contributed by atoms with Crippen molar-refractivity contribution in [2.75, 3.05) is 34.2 Å². The summed E-state index contributed by atoms with van der Waals surface area (Å²) in [6, 6.07) is 9.18. The first-order valence-corrected chi connectivity index (χ1v) is 10.0. The molecule has 2 rings (SSSR count). The number of aryl methyl sites for hydroxylation is 2. The highest BCUT2D eigenvalue weighted by molar-refractivity contribution is 7.09. The predicted octanol–water partition coefficient (Wildman–Crippen LogP) is 3.02. The van der Waals surface area contributed by atoms with Gasteiger partial charge in [-0.3, -0.25) is 4.99 Å². The van der Waals surface area contributed by atoms with Crippen LogP contribution in [0.1, 0.15) is 34.8 Å². The smallest absolute Gasteiger partial charge is 0.191 e. The van der Waals surface area contributed by atoms with E-state index in [1.54, 1.807) is 11.3 Å². The summed E-state index contributed by atoms with van der Waals surface area (Å²) in [5.41, 5.74) is 3.82. The molecule has 0 radical (unpaired) electrons. The lowest BCUT2D eigenvalue weighted by molar-refractivity contribution is 0.298. The molecule has 1 atom stereocenters. The van der Waals surface area contributed by atoms with Crippen molar-refractivity contribution in [3.63, 3.8) is 0 Å². The van der Waals surface area contributed by atoms with Gasteiger partial charge in [-0.05, 0) is 38.6 Å². The van der Waals surface area contributed by atoms with Crippen LogP contribution in [-0.2, 0) is 12.8 Å². The normalized spacial score (nSPS) is 13.1. The average molecular weight is 374 g/mol. The van der Waals surface area contributed by atoms with E-state index in [2.05, 4.69) is 76.2 Å². The number of hydrogen-bond acceptors (Lipinski definition) is 4. The molecular formula is C20H31N5S. The molecule has 0 spiro atoms. The van der Waals surface area contributed by atoms with Crippen molar-refractivity contribution in [2.45, 2.75) is 32.7 Å². The Kier molecular flexibility index (Phi) is 8.06. The second-order valence-electron chi connectivity index (χ2n) is 6.56. The first-order valence-electron chi connectivity index (χ1n) is 9.14. The lowest BCUT2D eigenvalue weighted by atomic mass is 10.0. The SMILES string of the molecule is CCc1ccc(C(CNC(=NC)NCCc2csc(C)n2)N(C)C)cc1. The summed E-state index contributed by atoms with van der Waals surface area (Å²) in [6.07, 6.45) is 1.97. The average Bonchev–Trinajstić information content (AvgIpc) is 3.05. The van der Waals surface area contributed by atoms with Crippen LogP contribution in [0.5, 0.6) is 0 Å². The van der Waals surface area contributed by atoms with Gasteiger partial charge in [0.15, 0.2) is 5.96 Å². The molecule has 0 aliphatic carbocycles. The van der Waals surface area contributed by atoms with Gasteiger partial charge in [-0.15, -0.1) is 11.3 Å². The molecule has 5 nitrogen and oxygen atoms in total. The minimum atomic E-state index is 0.292. The van der Waals surface area contributed by atoms with Crippen molar-refractivity contribution >= 4 is 17.3 Å². The molecule has 0 fully saturated rings. The molecule has 26 heavy (non-hydrogen) atoms. The van der Waals surface area contributed by atoms with Gasteiger partial charge in [0.25, 0.3) is 0 Å². The quantitative estimate of drug-likeness (QED) is 0.552. The second-order valence-corrected chi connectivity index (χ2v) is 7.62. The van der Waals surface area contributed by atoms with Gasteiger partial charge in [-0.2, -0.15) is 0 Å². The van der Waals surface area contributed by atoms with E-state index < -0.39 is 0 Å². The van der Waals surface area contributed by atoms with Crippen molar-refractivity contribution in [1.29, 1.82) is 0 Å². The number of guanidine groups is 1. The van der Waals surface area contributed by atoms with Crippen LogP contribution >= 0.6 is 11.3 Å². The zero-order chi connectivity index (χ0) is 18.9. The fourth-order valence-corrected chi connectivity index (χ4v) is 3.47. The van der Waals surface area contributed by atoms with Gasteiger partial charge >= 0.3 is 0 Å². The van der Waals surface area contributed by atoms with Crippen LogP contribution in [0.15, 0.2) is 34.6 Å². The Labute approximate surface area is 161 Å². The molecule has 0 saturated carbocycles. The molecule has 1 aromatic carbocycles. The molecule has 1 aromatic heterocycles. The largest absolute Gasteiger partial charge is 0.356 e. The molecule has 0 amide bonds. The van der Waals surface area contributed by atoms with Gasteiger partial charge < -0.3 is 15.5 Å². The summed E-state index contributed by atoms with van der Waals surface area (Å²) < 4.78 is 0. The lowest BCUT2D eigenvalue weighted by Gasteiger charge is -2.26. The summed E-state index contributed by atoms with van der Waals surface area (Å²) >= 11 is 1.70. The molecule has 142 valence electrons. The van der Waals surface area contributed by atoms with E-state index in [0.717, 1.165) is 42.6 Å². The third kappa shape index (κ3) is 6.11. The molecule has 0 aliphatic heterocycles. The predicted molar refractivity (Wildman–Crippen MR) is 112 cm³/mol. The molecule has 0 saturated heterocycles. The number of aromatic nitrogens is 1. The highest BCUT2D eigenvalue weighted by Gasteiger charge is 2.14. The van der Waals surface area contributed by atoms with E-state index in [9.17, 15) is 0 Å². The lowest BCUT2D eigenvalue weighted by Crippen LogP contribution is -2.42. The molecule has 1 heterocycles. The number of aliphatic imine (C=N–C) groups is 1. The monoisotopic (exact) mass is 373 g/mol. The van der Waals surface area contributed by atoms with Crippen molar-refractivity contribution < 1.29 is 0 Å². The Balaban J connectivity index is 1.87. The van der Waals surface area contributed by atoms with Crippen molar-refractivity contribution in [2.24, 2.45) is 4.99 Å². The molecule has 2 aromatic rings. The Hall–Kier alpha value is -1.92. The Morgan fingerprint density at radius 1 is 1.23 bits per heavy atom. The zero-order valence-corrected chi connectivity index (χ0v) is 17.4. The van der Waals surface area contributed by atoms with E-state index in [-0.39, 0.29) is 0 Å². The van der Waals surface area contributed by atoms with Crippen LogP contribution in [0.2, 0.25) is 0 Å². The van der Waals surface area contributed by atoms with E-state index in [1.807, 2.05) is 14.0 Å². The molecule has 1 unspecified atom stereocenters. The highest BCUT2D eigenvalue weighted by Crippen LogP contribution is 2.18. The molecular weight excluding hydrogens is 342 g/mol. The van der Waals surface area contributed by atoms with Crippen LogP contribution in [-0.4, -0.2) is 50.1 Å². The van der Waals surface area contributed by atoms with Crippen LogP contribution in [0, 0.1) is 6.92 Å². The summed E-state index contributed by atoms with van der Waals surface area (Å²) in [4.78, 5) is 11.1. The van der Waals surface area contributed by atoms with Gasteiger partial charge in [-0.1, -0.05) is 31.2 Å². The Morgan fingerprint density at radius 2 is 1.96 bits per heavy atom. The van der Waals surface area contributed by atoms with Crippen molar-refractivity contribution in [3.05, 3.63) is 51.5 Å². The Morgan fingerprint density at radius 3 is 2.50 bits per heavy atom. The number of rotatable bonds is 8. The summed E-state index contributed by atoms with van der Waals surface area (Å²) in [5, 5.41) is 10.1. The third-order valence-electron chi connectivity index (χ3n) is 4.42. The molecule has 0 bridgehead atoms. The minimum absolute atomic E-state index is 0.292. The molecule has 6 heteroatoms. The zero-order valence-electron chi connectivity index (χ0n) is 16.5. The van der Waals surface area contributed by atoms with E-state index in [4.69, 9.17) is 0 Å². The highest BCUT2D eigenvalue weighted by atomic mass is 32.1. The van der Waals surface area contributed by atoms with Gasteiger partial charge in [0.1, 0.15) is 0 Å². The van der Waals surface area contributed by atoms with Crippen LogP contribution in [0.25, 0.3) is 0 Å². The maximum absolute atomic E-state index is 4.50. The third-order valence-corrected chi connectivity index (χ3v) is 5.25. The number of nitrogens with one attached hydrogen (secondary N) is 2. The number of hydrogen-bond donors (Lipinski definition) is 2. The fourth-order valence-electron chi connectivity index (χ4n) is 2.82. The van der Waals surface area contributed by atoms with E-state index in [1.165, 1.54) is 11.1 Å². The number of nitrogens with zero attached hydrogens (tertiary/aromatic N) is 3. The maximum Gasteiger partial charge on any atom is 0.191 e. The number of likely N-dealkylation sites (N-methyl/N-ethyl adjacent to an activating group) is 1. The van der Waals surface area contributed by atoms with Crippen molar-refractivity contribution in [1.82, 2.24) is 20.5 Å². The van der Waals surface area contributed by atoms with Gasteiger partial charge in [-0.25, -0.2) is 4.98 Å². The standard InChI is InChI=1S/C20H31N5S/c1-6-16-7-9-17(10-8-16)19(25(4)5)13-23-20(21-3)22-12-11-18-14-26-15(2)24-18/h7-10,14,19H,6,11-13H2,1-5H3,(H2,21,22,23). The second kappa shape index (κ2) is 10.3. The van der Waals surface area contributed by atoms with E-state index >= 15 is 0 Å². The van der Waals surface area contributed by atoms with Gasteiger partial charge in [0.2, 0.25) is 0 Å². The van der Waals surface area contributed by atoms with Gasteiger partial charge in [0, 0.05) is 31.9 Å². The number of thiazole rings is 1. The first kappa shape index (κ1) is 20.4. The summed E-state index contributed by atoms with van der Waals surface area (Å²) in [7, 11) is 6.03. The molecule has 2 N–H and O–H groups in total. The first-order chi connectivity index (χ1) is 12.5. The topological polar surface area (TPSA) is 52.6 Å². The molecule has 0 aliphatic rings. The van der Waals surface area contributed by atoms with Gasteiger partial charge in [0.05, 0.1) is 16.7 Å². The minimum Gasteiger partial charge on any atom is -0.356 e. The Bertz CT molecular complexity index is 690. The summed E-state index contributed by atoms with van der Waals surface area (Å²) in [5.74, 6) is 0.828. The fraction of sp³-hybridized carbons (Fsp3) is 0.500. The van der Waals surface area contributed by atoms with Crippen molar-refractivity contribution in [3.8, 4) is 0 Å². The number of benzene rings is 1. The summed E-state index contributed by atoms with van der Waals surface area (Å²) in [6.45, 7) is 5.84.